The van der Waals surface area contributed by atoms with E-state index < -0.39 is 17.7 Å². The van der Waals surface area contributed by atoms with Gasteiger partial charge in [-0.3, -0.25) is 4.79 Å². The lowest BCUT2D eigenvalue weighted by atomic mass is 10.1. The number of amides is 2. The number of alkyl carbamates (subject to hydrolysis) is 1. The topological polar surface area (TPSA) is 67.4 Å². The van der Waals surface area contributed by atoms with Crippen LogP contribution in [0.1, 0.15) is 31.9 Å². The number of carbonyl (C=O) groups excluding carboxylic acids is 2. The van der Waals surface area contributed by atoms with Crippen LogP contribution in [-0.2, 0) is 21.7 Å². The molecule has 0 heterocycles. The Bertz CT molecular complexity index is 1100. The van der Waals surface area contributed by atoms with Gasteiger partial charge in [0, 0.05) is 22.8 Å². The van der Waals surface area contributed by atoms with E-state index in [0.717, 1.165) is 16.2 Å². The summed E-state index contributed by atoms with van der Waals surface area (Å²) in [5, 5.41) is 6.12. The average Bonchev–Trinajstić information content (AvgIpc) is 2.78. The molecule has 0 aliphatic carbocycles. The summed E-state index contributed by atoms with van der Waals surface area (Å²) >= 11 is 8.11. The van der Waals surface area contributed by atoms with Crippen LogP contribution < -0.4 is 10.6 Å². The summed E-state index contributed by atoms with van der Waals surface area (Å²) in [6.07, 6.45) is -0.320. The van der Waals surface area contributed by atoms with Crippen LogP contribution in [0.15, 0.2) is 83.8 Å². The lowest BCUT2D eigenvalue weighted by Crippen LogP contribution is -2.47. The Morgan fingerprint density at radius 1 is 0.941 bits per heavy atom. The van der Waals surface area contributed by atoms with Gasteiger partial charge in [0.25, 0.3) is 0 Å². The second-order valence-electron chi connectivity index (χ2n) is 8.80. The number of benzene rings is 3. The predicted octanol–water partition coefficient (Wildman–Crippen LogP) is 6.71. The van der Waals surface area contributed by atoms with Crippen LogP contribution in [-0.4, -0.2) is 23.6 Å². The molecule has 3 rings (SSSR count). The van der Waals surface area contributed by atoms with Crippen molar-refractivity contribution in [3.05, 3.63) is 95.0 Å². The maximum atomic E-state index is 13.1. The van der Waals surface area contributed by atoms with Crippen LogP contribution in [0, 0.1) is 0 Å². The number of rotatable bonds is 8. The van der Waals surface area contributed by atoms with E-state index in [0.29, 0.717) is 17.1 Å². The number of nitrogens with one attached hydrogen (secondary N) is 2. The van der Waals surface area contributed by atoms with Gasteiger partial charge in [-0.1, -0.05) is 72.3 Å². The Balaban J connectivity index is 1.68. The number of carbonyl (C=O) groups is 2. The van der Waals surface area contributed by atoms with Gasteiger partial charge in [0.15, 0.2) is 0 Å². The Labute approximate surface area is 210 Å². The summed E-state index contributed by atoms with van der Waals surface area (Å²) in [6, 6.07) is 24.2. The maximum absolute atomic E-state index is 13.1. The molecule has 0 radical (unpaired) electrons. The first-order valence-electron chi connectivity index (χ1n) is 11.0. The second-order valence-corrected chi connectivity index (χ2v) is 10.2. The van der Waals surface area contributed by atoms with E-state index in [1.54, 1.807) is 38.6 Å². The first-order valence-corrected chi connectivity index (χ1v) is 12.4. The SMILES string of the molecule is CC(C)(C)OC(=O)NC(Cc1ccccc1)C(=O)Nc1ccc(SCc2ccccc2)c(Cl)c1. The molecule has 2 N–H and O–H groups in total. The normalized spacial score (nSPS) is 12.0. The fraction of sp³-hybridized carbons (Fsp3) is 0.259. The molecular formula is C27H29ClN2O3S. The zero-order chi connectivity index (χ0) is 24.6. The summed E-state index contributed by atoms with van der Waals surface area (Å²) in [7, 11) is 0. The minimum Gasteiger partial charge on any atom is -0.444 e. The molecule has 0 spiro atoms. The van der Waals surface area contributed by atoms with Crippen molar-refractivity contribution >= 4 is 41.1 Å². The van der Waals surface area contributed by atoms with Crippen LogP contribution in [0.25, 0.3) is 0 Å². The van der Waals surface area contributed by atoms with Crippen molar-refractivity contribution in [2.24, 2.45) is 0 Å². The van der Waals surface area contributed by atoms with E-state index >= 15 is 0 Å². The molecule has 0 aliphatic heterocycles. The van der Waals surface area contributed by atoms with E-state index in [1.165, 1.54) is 5.56 Å². The smallest absolute Gasteiger partial charge is 0.408 e. The molecule has 1 unspecified atom stereocenters. The minimum absolute atomic E-state index is 0.324. The average molecular weight is 497 g/mol. The molecule has 178 valence electrons. The van der Waals surface area contributed by atoms with Gasteiger partial charge in [-0.2, -0.15) is 0 Å². The van der Waals surface area contributed by atoms with Crippen LogP contribution in [0.2, 0.25) is 5.02 Å². The third-order valence-electron chi connectivity index (χ3n) is 4.73. The van der Waals surface area contributed by atoms with Gasteiger partial charge in [0.2, 0.25) is 5.91 Å². The molecule has 7 heteroatoms. The summed E-state index contributed by atoms with van der Waals surface area (Å²) in [5.41, 5.74) is 2.02. The maximum Gasteiger partial charge on any atom is 0.408 e. The zero-order valence-electron chi connectivity index (χ0n) is 19.5. The van der Waals surface area contributed by atoms with Crippen molar-refractivity contribution in [1.82, 2.24) is 5.32 Å². The van der Waals surface area contributed by atoms with Crippen LogP contribution in [0.5, 0.6) is 0 Å². The lowest BCUT2D eigenvalue weighted by molar-refractivity contribution is -0.118. The molecule has 0 bridgehead atoms. The summed E-state index contributed by atoms with van der Waals surface area (Å²) < 4.78 is 5.35. The Kier molecular flexibility index (Phi) is 9.02. The largest absolute Gasteiger partial charge is 0.444 e. The van der Waals surface area contributed by atoms with E-state index in [4.69, 9.17) is 16.3 Å². The molecule has 1 atom stereocenters. The van der Waals surface area contributed by atoms with Crippen LogP contribution >= 0.6 is 23.4 Å². The molecule has 2 amide bonds. The number of hydrogen-bond acceptors (Lipinski definition) is 4. The van der Waals surface area contributed by atoms with Gasteiger partial charge < -0.3 is 15.4 Å². The molecule has 0 aliphatic rings. The van der Waals surface area contributed by atoms with E-state index in [2.05, 4.69) is 22.8 Å². The Morgan fingerprint density at radius 3 is 2.15 bits per heavy atom. The first-order chi connectivity index (χ1) is 16.2. The number of hydrogen-bond donors (Lipinski definition) is 2. The summed E-state index contributed by atoms with van der Waals surface area (Å²) in [6.45, 7) is 5.33. The fourth-order valence-electron chi connectivity index (χ4n) is 3.17. The summed E-state index contributed by atoms with van der Waals surface area (Å²) in [5.74, 6) is 0.445. The highest BCUT2D eigenvalue weighted by atomic mass is 35.5. The quantitative estimate of drug-likeness (QED) is 0.340. The molecule has 0 fully saturated rings. The number of thioether (sulfide) groups is 1. The third kappa shape index (κ3) is 8.43. The number of halogens is 1. The highest BCUT2D eigenvalue weighted by Crippen LogP contribution is 2.32. The monoisotopic (exact) mass is 496 g/mol. The predicted molar refractivity (Wildman–Crippen MR) is 139 cm³/mol. The highest BCUT2D eigenvalue weighted by molar-refractivity contribution is 7.98. The molecule has 0 saturated carbocycles. The van der Waals surface area contributed by atoms with Crippen LogP contribution in [0.4, 0.5) is 10.5 Å². The molecule has 3 aromatic carbocycles. The van der Waals surface area contributed by atoms with Crippen molar-refractivity contribution in [1.29, 1.82) is 0 Å². The second kappa shape index (κ2) is 12.0. The van der Waals surface area contributed by atoms with Crippen molar-refractivity contribution in [3.8, 4) is 0 Å². The van der Waals surface area contributed by atoms with Gasteiger partial charge in [0.1, 0.15) is 11.6 Å². The minimum atomic E-state index is -0.817. The van der Waals surface area contributed by atoms with Crippen LogP contribution in [0.3, 0.4) is 0 Å². The molecule has 0 saturated heterocycles. The number of anilines is 1. The lowest BCUT2D eigenvalue weighted by Gasteiger charge is -2.23. The van der Waals surface area contributed by atoms with E-state index in [9.17, 15) is 9.59 Å². The van der Waals surface area contributed by atoms with Crippen molar-refractivity contribution < 1.29 is 14.3 Å². The molecular weight excluding hydrogens is 468 g/mol. The molecule has 34 heavy (non-hydrogen) atoms. The number of ether oxygens (including phenoxy) is 1. The first kappa shape index (κ1) is 25.7. The van der Waals surface area contributed by atoms with Gasteiger partial charge in [-0.15, -0.1) is 11.8 Å². The van der Waals surface area contributed by atoms with Crippen molar-refractivity contribution in [3.63, 3.8) is 0 Å². The molecule has 0 aromatic heterocycles. The molecule has 3 aromatic rings. The zero-order valence-corrected chi connectivity index (χ0v) is 21.1. The van der Waals surface area contributed by atoms with Crippen molar-refractivity contribution in [2.45, 2.75) is 49.5 Å². The highest BCUT2D eigenvalue weighted by Gasteiger charge is 2.25. The van der Waals surface area contributed by atoms with E-state index in [1.807, 2.05) is 60.7 Å². The standard InChI is InChI=1S/C27H29ClN2O3S/c1-27(2,3)33-26(32)30-23(16-19-10-6-4-7-11-19)25(31)29-21-14-15-24(22(28)17-21)34-18-20-12-8-5-9-13-20/h4-15,17,23H,16,18H2,1-3H3,(H,29,31)(H,30,32). The van der Waals surface area contributed by atoms with Gasteiger partial charge in [0.05, 0.1) is 5.02 Å². The summed E-state index contributed by atoms with van der Waals surface area (Å²) in [4.78, 5) is 26.4. The van der Waals surface area contributed by atoms with Gasteiger partial charge in [-0.25, -0.2) is 4.79 Å². The van der Waals surface area contributed by atoms with Crippen molar-refractivity contribution in [2.75, 3.05) is 5.32 Å². The Morgan fingerprint density at radius 2 is 1.56 bits per heavy atom. The fourth-order valence-corrected chi connectivity index (χ4v) is 4.39. The van der Waals surface area contributed by atoms with Gasteiger partial charge >= 0.3 is 6.09 Å². The van der Waals surface area contributed by atoms with Gasteiger partial charge in [-0.05, 0) is 50.1 Å². The van der Waals surface area contributed by atoms with E-state index in [-0.39, 0.29) is 5.91 Å². The third-order valence-corrected chi connectivity index (χ3v) is 6.30. The molecule has 5 nitrogen and oxygen atoms in total. The Hall–Kier alpha value is -2.96.